The van der Waals surface area contributed by atoms with Gasteiger partial charge in [-0.1, -0.05) is 0 Å². The van der Waals surface area contributed by atoms with Gasteiger partial charge in [0.25, 0.3) is 0 Å². The van der Waals surface area contributed by atoms with Crippen LogP contribution in [0.4, 0.5) is 0 Å². The smallest absolute Gasteiger partial charge is 0.237 e. The number of likely N-dealkylation sites (tertiary alicyclic amines) is 1. The number of rotatable bonds is 8. The van der Waals surface area contributed by atoms with Gasteiger partial charge in [-0.3, -0.25) is 9.69 Å². The second kappa shape index (κ2) is 11.4. The summed E-state index contributed by atoms with van der Waals surface area (Å²) < 4.78 is 11.0. The fourth-order valence-corrected chi connectivity index (χ4v) is 3.76. The molecule has 0 aromatic heterocycles. The predicted octanol–water partition coefficient (Wildman–Crippen LogP) is 2.08. The molecule has 27 heavy (non-hydrogen) atoms. The van der Waals surface area contributed by atoms with Crippen molar-refractivity contribution in [2.75, 3.05) is 46.4 Å². The van der Waals surface area contributed by atoms with Crippen LogP contribution >= 0.6 is 12.4 Å². The molecule has 7 heteroatoms. The first kappa shape index (κ1) is 21.8. The van der Waals surface area contributed by atoms with Gasteiger partial charge in [0.1, 0.15) is 18.1 Å². The molecule has 2 aliphatic rings. The highest BCUT2D eigenvalue weighted by Gasteiger charge is 2.24. The number of carbonyl (C=O) groups is 1. The molecule has 1 amide bonds. The minimum Gasteiger partial charge on any atom is -0.497 e. The van der Waals surface area contributed by atoms with Crippen LogP contribution in [0, 0.1) is 5.92 Å². The molecule has 2 heterocycles. The molecule has 0 spiro atoms. The summed E-state index contributed by atoms with van der Waals surface area (Å²) in [5.41, 5.74) is 0. The van der Waals surface area contributed by atoms with Gasteiger partial charge in [-0.25, -0.2) is 0 Å². The summed E-state index contributed by atoms with van der Waals surface area (Å²) in [4.78, 5) is 14.6. The number of hydrogen-bond acceptors (Lipinski definition) is 5. The van der Waals surface area contributed by atoms with Crippen LogP contribution < -0.4 is 20.1 Å². The van der Waals surface area contributed by atoms with E-state index in [0.29, 0.717) is 12.5 Å². The van der Waals surface area contributed by atoms with Crippen molar-refractivity contribution in [2.24, 2.45) is 5.92 Å². The molecule has 1 aromatic rings. The monoisotopic (exact) mass is 397 g/mol. The van der Waals surface area contributed by atoms with E-state index < -0.39 is 0 Å². The summed E-state index contributed by atoms with van der Waals surface area (Å²) in [5.74, 6) is 2.42. The third-order valence-corrected chi connectivity index (χ3v) is 5.28. The lowest BCUT2D eigenvalue weighted by Crippen LogP contribution is -2.46. The van der Waals surface area contributed by atoms with Crippen molar-refractivity contribution in [1.82, 2.24) is 15.5 Å². The van der Waals surface area contributed by atoms with E-state index in [1.165, 1.54) is 12.8 Å². The van der Waals surface area contributed by atoms with Crippen LogP contribution in [-0.4, -0.2) is 63.3 Å². The van der Waals surface area contributed by atoms with E-state index in [0.717, 1.165) is 57.1 Å². The maximum Gasteiger partial charge on any atom is 0.237 e. The fourth-order valence-electron chi connectivity index (χ4n) is 3.76. The molecule has 3 rings (SSSR count). The first-order valence-electron chi connectivity index (χ1n) is 9.75. The van der Waals surface area contributed by atoms with E-state index >= 15 is 0 Å². The van der Waals surface area contributed by atoms with E-state index in [1.54, 1.807) is 7.11 Å². The lowest BCUT2D eigenvalue weighted by molar-refractivity contribution is -0.123. The van der Waals surface area contributed by atoms with Crippen molar-refractivity contribution in [3.63, 3.8) is 0 Å². The molecule has 0 saturated carbocycles. The number of hydrogen-bond donors (Lipinski definition) is 2. The minimum absolute atomic E-state index is 0. The summed E-state index contributed by atoms with van der Waals surface area (Å²) >= 11 is 0. The van der Waals surface area contributed by atoms with Gasteiger partial charge < -0.3 is 20.1 Å². The summed E-state index contributed by atoms with van der Waals surface area (Å²) in [6.07, 6.45) is 4.44. The molecule has 6 nitrogen and oxygen atoms in total. The van der Waals surface area contributed by atoms with Crippen molar-refractivity contribution < 1.29 is 14.3 Å². The lowest BCUT2D eigenvalue weighted by Gasteiger charge is -2.32. The Morgan fingerprint density at radius 1 is 1.22 bits per heavy atom. The van der Waals surface area contributed by atoms with Gasteiger partial charge in [0, 0.05) is 19.6 Å². The van der Waals surface area contributed by atoms with Crippen LogP contribution in [-0.2, 0) is 4.79 Å². The van der Waals surface area contributed by atoms with Gasteiger partial charge in [-0.15, -0.1) is 12.4 Å². The number of amides is 1. The number of nitrogens with one attached hydrogen (secondary N) is 2. The maximum atomic E-state index is 12.1. The Kier molecular flexibility index (Phi) is 9.18. The first-order chi connectivity index (χ1) is 12.7. The zero-order chi connectivity index (χ0) is 18.2. The third-order valence-electron chi connectivity index (χ3n) is 5.28. The van der Waals surface area contributed by atoms with E-state index in [1.807, 2.05) is 24.3 Å². The molecule has 2 fully saturated rings. The van der Waals surface area contributed by atoms with E-state index in [-0.39, 0.29) is 24.4 Å². The van der Waals surface area contributed by atoms with Crippen LogP contribution in [0.5, 0.6) is 11.5 Å². The summed E-state index contributed by atoms with van der Waals surface area (Å²) in [5, 5.41) is 6.39. The van der Waals surface area contributed by atoms with Gasteiger partial charge in [-0.05, 0) is 69.0 Å². The Morgan fingerprint density at radius 3 is 2.70 bits per heavy atom. The molecular weight excluding hydrogens is 366 g/mol. The Balaban J connectivity index is 0.00000261. The molecule has 2 atom stereocenters. The number of benzene rings is 1. The molecule has 2 unspecified atom stereocenters. The van der Waals surface area contributed by atoms with E-state index in [9.17, 15) is 4.79 Å². The molecule has 2 N–H and O–H groups in total. The summed E-state index contributed by atoms with van der Waals surface area (Å²) in [6, 6.07) is 7.71. The molecule has 152 valence electrons. The van der Waals surface area contributed by atoms with Crippen molar-refractivity contribution >= 4 is 18.3 Å². The number of methoxy groups -OCH3 is 1. The molecule has 1 aromatic carbocycles. The predicted molar refractivity (Wildman–Crippen MR) is 109 cm³/mol. The average Bonchev–Trinajstić information content (AvgIpc) is 3.22. The normalized spacial score (nSPS) is 22.7. The Hall–Kier alpha value is -1.50. The van der Waals surface area contributed by atoms with Crippen molar-refractivity contribution in [3.8, 4) is 11.5 Å². The van der Waals surface area contributed by atoms with Gasteiger partial charge >= 0.3 is 0 Å². The number of ether oxygens (including phenoxy) is 2. The Labute approximate surface area is 168 Å². The van der Waals surface area contributed by atoms with Crippen LogP contribution in [0.25, 0.3) is 0 Å². The summed E-state index contributed by atoms with van der Waals surface area (Å²) in [6.45, 7) is 5.49. The van der Waals surface area contributed by atoms with Crippen LogP contribution in [0.15, 0.2) is 24.3 Å². The van der Waals surface area contributed by atoms with E-state index in [4.69, 9.17) is 9.47 Å². The van der Waals surface area contributed by atoms with Gasteiger partial charge in [0.2, 0.25) is 5.91 Å². The largest absolute Gasteiger partial charge is 0.497 e. The van der Waals surface area contributed by atoms with Crippen LogP contribution in [0.1, 0.15) is 25.7 Å². The number of carbonyl (C=O) groups excluding carboxylic acids is 1. The molecule has 0 aliphatic carbocycles. The van der Waals surface area contributed by atoms with Gasteiger partial charge in [0.05, 0.1) is 13.2 Å². The molecule has 0 bridgehead atoms. The molecule has 2 saturated heterocycles. The van der Waals surface area contributed by atoms with Crippen molar-refractivity contribution in [2.45, 2.75) is 31.7 Å². The maximum absolute atomic E-state index is 12.1. The van der Waals surface area contributed by atoms with E-state index in [2.05, 4.69) is 15.5 Å². The quantitative estimate of drug-likeness (QED) is 0.703. The van der Waals surface area contributed by atoms with Crippen LogP contribution in [0.3, 0.4) is 0 Å². The Morgan fingerprint density at radius 2 is 2.00 bits per heavy atom. The average molecular weight is 398 g/mol. The number of piperidine rings is 1. The van der Waals surface area contributed by atoms with Crippen LogP contribution in [0.2, 0.25) is 0 Å². The number of nitrogens with zero attached hydrogens (tertiary/aromatic N) is 1. The zero-order valence-electron chi connectivity index (χ0n) is 16.1. The van der Waals surface area contributed by atoms with Gasteiger partial charge in [-0.2, -0.15) is 0 Å². The standard InChI is InChI=1S/C20H31N3O3.ClH/c1-25-17-6-8-18(9-7-17)26-13-12-23-11-3-4-16(15-23)14-22-20(24)19-5-2-10-21-19;/h6-9,16,19,21H,2-5,10-15H2,1H3,(H,22,24);1H. The zero-order valence-corrected chi connectivity index (χ0v) is 16.9. The highest BCUT2D eigenvalue weighted by Crippen LogP contribution is 2.18. The SMILES string of the molecule is COc1ccc(OCCN2CCCC(CNC(=O)C3CCCN3)C2)cc1.Cl. The highest BCUT2D eigenvalue weighted by molar-refractivity contribution is 5.85. The topological polar surface area (TPSA) is 62.8 Å². The molecule has 0 radical (unpaired) electrons. The first-order valence-corrected chi connectivity index (χ1v) is 9.75. The second-order valence-corrected chi connectivity index (χ2v) is 7.23. The number of halogens is 1. The van der Waals surface area contributed by atoms with Crippen molar-refractivity contribution in [3.05, 3.63) is 24.3 Å². The fraction of sp³-hybridized carbons (Fsp3) is 0.650. The lowest BCUT2D eigenvalue weighted by atomic mass is 9.98. The highest BCUT2D eigenvalue weighted by atomic mass is 35.5. The van der Waals surface area contributed by atoms with Gasteiger partial charge in [0.15, 0.2) is 0 Å². The molecule has 2 aliphatic heterocycles. The summed E-state index contributed by atoms with van der Waals surface area (Å²) in [7, 11) is 1.66. The third kappa shape index (κ3) is 6.87. The Bertz CT molecular complexity index is 564. The second-order valence-electron chi connectivity index (χ2n) is 7.23. The minimum atomic E-state index is 0. The van der Waals surface area contributed by atoms with Crippen molar-refractivity contribution in [1.29, 1.82) is 0 Å². The molecular formula is C20H32ClN3O3.